The molecule has 8 aromatic rings. The Bertz CT molecular complexity index is 2500. The number of aromatic nitrogens is 4. The molecule has 0 atom stereocenters. The van der Waals surface area contributed by atoms with Crippen LogP contribution < -0.4 is 0 Å². The number of hydrogen-bond donors (Lipinski definition) is 0. The van der Waals surface area contributed by atoms with E-state index in [1.54, 1.807) is 47.0 Å². The summed E-state index contributed by atoms with van der Waals surface area (Å²) in [7, 11) is 0. The Morgan fingerprint density at radius 1 is 0.412 bits per heavy atom. The molecule has 4 nitrogen and oxygen atoms in total. The van der Waals surface area contributed by atoms with E-state index in [-0.39, 0.29) is 17.0 Å². The molecule has 2 heterocycles. The van der Waals surface area contributed by atoms with E-state index < -0.39 is 23.5 Å². The largest absolute Gasteiger partial charge is 0.417 e. The number of nitrogens with zero attached hydrogens (tertiary/aromatic N) is 4. The topological polar surface area (TPSA) is 43.6 Å². The lowest BCUT2D eigenvalue weighted by molar-refractivity contribution is -0.138. The van der Waals surface area contributed by atoms with Gasteiger partial charge in [0, 0.05) is 27.5 Å². The zero-order valence-electron chi connectivity index (χ0n) is 26.4. The van der Waals surface area contributed by atoms with Gasteiger partial charge < -0.3 is 4.57 Å². The summed E-state index contributed by atoms with van der Waals surface area (Å²) in [6.07, 6.45) is -9.23. The molecule has 0 saturated carbocycles. The summed E-state index contributed by atoms with van der Waals surface area (Å²) in [5.41, 5.74) is 1.77. The molecule has 51 heavy (non-hydrogen) atoms. The van der Waals surface area contributed by atoms with Crippen LogP contribution in [0.2, 0.25) is 0 Å². The van der Waals surface area contributed by atoms with Crippen LogP contribution in [-0.2, 0) is 12.4 Å². The maximum absolute atomic E-state index is 14.3. The van der Waals surface area contributed by atoms with Gasteiger partial charge in [-0.3, -0.25) is 0 Å². The highest BCUT2D eigenvalue weighted by Crippen LogP contribution is 2.42. The molecule has 0 fully saturated rings. The molecule has 0 spiro atoms. The van der Waals surface area contributed by atoms with Crippen LogP contribution in [0.25, 0.3) is 72.8 Å². The smallest absolute Gasteiger partial charge is 0.308 e. The maximum Gasteiger partial charge on any atom is 0.417 e. The van der Waals surface area contributed by atoms with Crippen LogP contribution in [0.5, 0.6) is 0 Å². The van der Waals surface area contributed by atoms with Gasteiger partial charge in [-0.25, -0.2) is 15.0 Å². The summed E-state index contributed by atoms with van der Waals surface area (Å²) in [4.78, 5) is 14.5. The lowest BCUT2D eigenvalue weighted by atomic mass is 9.97. The van der Waals surface area contributed by atoms with Gasteiger partial charge in [-0.15, -0.1) is 0 Å². The fraction of sp³-hybridized carbons (Fsp3) is 0.0488. The average Bonchev–Trinajstić information content (AvgIpc) is 3.48. The number of rotatable bonds is 5. The van der Waals surface area contributed by atoms with Gasteiger partial charge in [0.25, 0.3) is 0 Å². The molecule has 0 unspecified atom stereocenters. The Balaban J connectivity index is 1.47. The Labute approximate surface area is 287 Å². The zero-order valence-corrected chi connectivity index (χ0v) is 26.4. The molecule has 10 heteroatoms. The SMILES string of the molecule is FC(F)(F)c1ccc2c(c1)c1ccccc1n2-c1cc(-c2ccccc2C(F)(F)F)ccc1-c1nc(-c2ccccc2)nc(-c2ccccc2)n1. The first-order valence-electron chi connectivity index (χ1n) is 15.8. The van der Waals surface area contributed by atoms with Crippen molar-refractivity contribution in [3.8, 4) is 51.0 Å². The van der Waals surface area contributed by atoms with Gasteiger partial charge in [0.05, 0.1) is 27.8 Å². The highest BCUT2D eigenvalue weighted by atomic mass is 19.4. The van der Waals surface area contributed by atoms with Crippen LogP contribution in [0.15, 0.2) is 146 Å². The fourth-order valence-corrected chi connectivity index (χ4v) is 6.39. The highest BCUT2D eigenvalue weighted by Gasteiger charge is 2.34. The average molecular weight is 687 g/mol. The second-order valence-electron chi connectivity index (χ2n) is 11.9. The highest BCUT2D eigenvalue weighted by molar-refractivity contribution is 6.10. The molecule has 6 aromatic carbocycles. The van der Waals surface area contributed by atoms with Crippen LogP contribution in [0.4, 0.5) is 26.3 Å². The van der Waals surface area contributed by atoms with Crippen molar-refractivity contribution in [3.05, 3.63) is 157 Å². The molecule has 0 radical (unpaired) electrons. The first kappa shape index (κ1) is 31.9. The van der Waals surface area contributed by atoms with Crippen LogP contribution in [0, 0.1) is 0 Å². The van der Waals surface area contributed by atoms with E-state index in [2.05, 4.69) is 0 Å². The molecule has 0 N–H and O–H groups in total. The molecule has 0 saturated heterocycles. The summed E-state index contributed by atoms with van der Waals surface area (Å²) in [5.74, 6) is 0.967. The molecule has 250 valence electrons. The predicted molar refractivity (Wildman–Crippen MR) is 186 cm³/mol. The zero-order chi connectivity index (χ0) is 35.3. The first-order chi connectivity index (χ1) is 24.6. The monoisotopic (exact) mass is 686 g/mol. The Hall–Kier alpha value is -6.29. The van der Waals surface area contributed by atoms with E-state index in [9.17, 15) is 26.3 Å². The van der Waals surface area contributed by atoms with E-state index in [0.717, 1.165) is 18.2 Å². The number of para-hydroxylation sites is 1. The second-order valence-corrected chi connectivity index (χ2v) is 11.9. The molecule has 0 aliphatic rings. The molecule has 0 bridgehead atoms. The van der Waals surface area contributed by atoms with Crippen molar-refractivity contribution < 1.29 is 26.3 Å². The lowest BCUT2D eigenvalue weighted by Crippen LogP contribution is -2.08. The number of halogens is 6. The third kappa shape index (κ3) is 5.88. The molecule has 8 rings (SSSR count). The third-order valence-electron chi connectivity index (χ3n) is 8.72. The number of benzene rings is 6. The maximum atomic E-state index is 14.3. The number of fused-ring (bicyclic) bond motifs is 3. The molecular weight excluding hydrogens is 662 g/mol. The molecule has 0 amide bonds. The Morgan fingerprint density at radius 2 is 0.980 bits per heavy atom. The van der Waals surface area contributed by atoms with E-state index in [1.807, 2.05) is 60.7 Å². The van der Waals surface area contributed by atoms with Gasteiger partial charge in [-0.05, 0) is 53.6 Å². The van der Waals surface area contributed by atoms with Crippen molar-refractivity contribution in [1.82, 2.24) is 19.5 Å². The summed E-state index contributed by atoms with van der Waals surface area (Å²) < 4.78 is 86.4. The fourth-order valence-electron chi connectivity index (χ4n) is 6.39. The van der Waals surface area contributed by atoms with Crippen LogP contribution in [0.3, 0.4) is 0 Å². The third-order valence-corrected chi connectivity index (χ3v) is 8.72. The van der Waals surface area contributed by atoms with Crippen LogP contribution >= 0.6 is 0 Å². The van der Waals surface area contributed by atoms with Gasteiger partial charge in [0.15, 0.2) is 17.5 Å². The Morgan fingerprint density at radius 3 is 1.63 bits per heavy atom. The van der Waals surface area contributed by atoms with Gasteiger partial charge in [0.1, 0.15) is 0 Å². The van der Waals surface area contributed by atoms with E-state index in [1.165, 1.54) is 24.3 Å². The normalized spacial score (nSPS) is 12.1. The first-order valence-corrected chi connectivity index (χ1v) is 15.8. The second kappa shape index (κ2) is 12.2. The summed E-state index contributed by atoms with van der Waals surface area (Å²) in [6, 6.07) is 39.2. The predicted octanol–water partition coefficient (Wildman–Crippen LogP) is 11.7. The van der Waals surface area contributed by atoms with Crippen LogP contribution in [-0.4, -0.2) is 19.5 Å². The van der Waals surface area contributed by atoms with E-state index >= 15 is 0 Å². The van der Waals surface area contributed by atoms with Gasteiger partial charge in [-0.2, -0.15) is 26.3 Å². The van der Waals surface area contributed by atoms with Gasteiger partial charge in [0.2, 0.25) is 0 Å². The van der Waals surface area contributed by atoms with Crippen molar-refractivity contribution in [1.29, 1.82) is 0 Å². The van der Waals surface area contributed by atoms with Crippen molar-refractivity contribution in [2.45, 2.75) is 12.4 Å². The van der Waals surface area contributed by atoms with E-state index in [0.29, 0.717) is 55.8 Å². The minimum Gasteiger partial charge on any atom is -0.308 e. The summed E-state index contributed by atoms with van der Waals surface area (Å²) >= 11 is 0. The van der Waals surface area contributed by atoms with Gasteiger partial charge in [-0.1, -0.05) is 103 Å². The van der Waals surface area contributed by atoms with Crippen molar-refractivity contribution in [2.75, 3.05) is 0 Å². The van der Waals surface area contributed by atoms with Crippen molar-refractivity contribution in [2.24, 2.45) is 0 Å². The van der Waals surface area contributed by atoms with Crippen molar-refractivity contribution in [3.63, 3.8) is 0 Å². The number of hydrogen-bond acceptors (Lipinski definition) is 3. The van der Waals surface area contributed by atoms with Crippen molar-refractivity contribution >= 4 is 21.8 Å². The molecular formula is C41H24F6N4. The quantitative estimate of drug-likeness (QED) is 0.169. The van der Waals surface area contributed by atoms with E-state index in [4.69, 9.17) is 15.0 Å². The Kier molecular flexibility index (Phi) is 7.67. The van der Waals surface area contributed by atoms with Crippen LogP contribution in [0.1, 0.15) is 11.1 Å². The minimum absolute atomic E-state index is 0.0523. The minimum atomic E-state index is -4.64. The number of alkyl halides is 6. The summed E-state index contributed by atoms with van der Waals surface area (Å²) in [6.45, 7) is 0. The molecule has 0 aliphatic carbocycles. The standard InChI is InChI=1S/C41H24F6N4/c42-40(43,44)28-20-22-35-32(24-28)30-16-8-10-18-34(30)51(35)36-23-27(29-15-7-9-17-33(29)41(45,46)47)19-21-31(36)39-49-37(25-11-3-1-4-12-25)48-38(50-39)26-13-5-2-6-14-26/h1-24H. The lowest BCUT2D eigenvalue weighted by Gasteiger charge is -2.18. The van der Waals surface area contributed by atoms with Gasteiger partial charge >= 0.3 is 12.4 Å². The molecule has 2 aromatic heterocycles. The molecule has 0 aliphatic heterocycles. The summed E-state index contributed by atoms with van der Waals surface area (Å²) in [5, 5.41) is 0.870.